The van der Waals surface area contributed by atoms with E-state index in [4.69, 9.17) is 12.2 Å². The third-order valence-corrected chi connectivity index (χ3v) is 4.58. The van der Waals surface area contributed by atoms with Crippen LogP contribution in [0.15, 0.2) is 53.3 Å². The smallest absolute Gasteiger partial charge is 0.261 e. The normalized spacial score (nSPS) is 10.6. The maximum atomic E-state index is 12.9. The van der Waals surface area contributed by atoms with Gasteiger partial charge in [0.2, 0.25) is 5.91 Å². The van der Waals surface area contributed by atoms with Gasteiger partial charge in [-0.2, -0.15) is 0 Å². The molecule has 1 heterocycles. The molecule has 0 aliphatic heterocycles. The number of carbonyl (C=O) groups is 1. The molecule has 9 heteroatoms. The Morgan fingerprint density at radius 2 is 1.86 bits per heavy atom. The van der Waals surface area contributed by atoms with E-state index in [0.717, 1.165) is 5.56 Å². The van der Waals surface area contributed by atoms with Gasteiger partial charge >= 0.3 is 0 Å². The highest BCUT2D eigenvalue weighted by molar-refractivity contribution is 7.80. The number of thiocarbonyl (C=S) groups is 1. The molecule has 0 radical (unpaired) electrons. The fourth-order valence-corrected chi connectivity index (χ4v) is 2.85. The van der Waals surface area contributed by atoms with Gasteiger partial charge in [-0.1, -0.05) is 24.3 Å². The molecule has 1 amide bonds. The molecule has 0 bridgehead atoms. The highest BCUT2D eigenvalue weighted by Gasteiger charge is 2.10. The molecule has 1 aromatic heterocycles. The third-order valence-electron chi connectivity index (χ3n) is 4.33. The SMILES string of the molecule is Cn1c(CCC(=O)NNC(=S)NCc2ccc(F)cc2)nc2ccccc2c1=O. The van der Waals surface area contributed by atoms with Crippen molar-refractivity contribution in [2.45, 2.75) is 19.4 Å². The summed E-state index contributed by atoms with van der Waals surface area (Å²) in [5, 5.41) is 3.69. The van der Waals surface area contributed by atoms with Crippen LogP contribution in [0, 0.1) is 5.82 Å². The van der Waals surface area contributed by atoms with Gasteiger partial charge < -0.3 is 5.32 Å². The molecule has 3 aromatic rings. The number of hydrazine groups is 1. The van der Waals surface area contributed by atoms with Crippen LogP contribution in [-0.2, 0) is 24.8 Å². The zero-order chi connectivity index (χ0) is 20.8. The minimum atomic E-state index is -0.305. The number of benzene rings is 2. The molecular formula is C20H20FN5O2S. The number of rotatable bonds is 5. The van der Waals surface area contributed by atoms with Crippen LogP contribution in [-0.4, -0.2) is 20.6 Å². The molecule has 0 unspecified atom stereocenters. The molecular weight excluding hydrogens is 393 g/mol. The van der Waals surface area contributed by atoms with Crippen LogP contribution in [0.1, 0.15) is 17.8 Å². The first kappa shape index (κ1) is 20.4. The van der Waals surface area contributed by atoms with Crippen molar-refractivity contribution in [2.24, 2.45) is 7.05 Å². The summed E-state index contributed by atoms with van der Waals surface area (Å²) in [6.07, 6.45) is 0.437. The minimum absolute atomic E-state index is 0.131. The Labute approximate surface area is 171 Å². The molecule has 150 valence electrons. The van der Waals surface area contributed by atoms with Crippen molar-refractivity contribution in [1.29, 1.82) is 0 Å². The number of carbonyl (C=O) groups excluding carboxylic acids is 1. The van der Waals surface area contributed by atoms with E-state index in [2.05, 4.69) is 21.2 Å². The third kappa shape index (κ3) is 5.35. The molecule has 3 N–H and O–H groups in total. The topological polar surface area (TPSA) is 88.1 Å². The van der Waals surface area contributed by atoms with Gasteiger partial charge in [0.1, 0.15) is 11.6 Å². The molecule has 0 fully saturated rings. The first-order valence-electron chi connectivity index (χ1n) is 8.96. The summed E-state index contributed by atoms with van der Waals surface area (Å²) < 4.78 is 14.3. The number of aromatic nitrogens is 2. The second kappa shape index (κ2) is 9.24. The Kier molecular flexibility index (Phi) is 6.50. The maximum absolute atomic E-state index is 12.9. The van der Waals surface area contributed by atoms with Crippen molar-refractivity contribution < 1.29 is 9.18 Å². The van der Waals surface area contributed by atoms with Gasteiger partial charge in [0.05, 0.1) is 10.9 Å². The minimum Gasteiger partial charge on any atom is -0.357 e. The average Bonchev–Trinajstić information content (AvgIpc) is 2.73. The summed E-state index contributed by atoms with van der Waals surface area (Å²) in [5.74, 6) is -0.0701. The number of halogens is 1. The molecule has 0 saturated carbocycles. The van der Waals surface area contributed by atoms with E-state index in [9.17, 15) is 14.0 Å². The fraction of sp³-hybridized carbons (Fsp3) is 0.200. The van der Waals surface area contributed by atoms with Crippen molar-refractivity contribution in [3.05, 3.63) is 76.1 Å². The van der Waals surface area contributed by atoms with E-state index in [0.29, 0.717) is 29.7 Å². The maximum Gasteiger partial charge on any atom is 0.261 e. The molecule has 29 heavy (non-hydrogen) atoms. The van der Waals surface area contributed by atoms with Crippen LogP contribution in [0.2, 0.25) is 0 Å². The number of hydrogen-bond acceptors (Lipinski definition) is 4. The van der Waals surface area contributed by atoms with Gasteiger partial charge in [0.25, 0.3) is 5.56 Å². The Hall–Kier alpha value is -3.33. The summed E-state index contributed by atoms with van der Waals surface area (Å²) in [6, 6.07) is 13.1. The number of hydrogen-bond donors (Lipinski definition) is 3. The monoisotopic (exact) mass is 413 g/mol. The Bertz CT molecular complexity index is 1100. The number of nitrogens with zero attached hydrogens (tertiary/aromatic N) is 2. The number of nitrogens with one attached hydrogen (secondary N) is 3. The van der Waals surface area contributed by atoms with Crippen LogP contribution in [0.3, 0.4) is 0 Å². The standard InChI is InChI=1S/C20H20FN5O2S/c1-26-17(23-16-5-3-2-4-15(16)19(26)28)10-11-18(27)24-25-20(29)22-12-13-6-8-14(21)9-7-13/h2-9H,10-12H2,1H3,(H,24,27)(H2,22,25,29). The summed E-state index contributed by atoms with van der Waals surface area (Å²) in [5.41, 5.74) is 6.43. The quantitative estimate of drug-likeness (QED) is 0.436. The molecule has 0 atom stereocenters. The van der Waals surface area contributed by atoms with E-state index in [1.807, 2.05) is 6.07 Å². The molecule has 2 aromatic carbocycles. The molecule has 0 aliphatic carbocycles. The lowest BCUT2D eigenvalue weighted by molar-refractivity contribution is -0.121. The Morgan fingerprint density at radius 1 is 1.14 bits per heavy atom. The molecule has 3 rings (SSSR count). The van der Waals surface area contributed by atoms with E-state index in [1.165, 1.54) is 16.7 Å². The average molecular weight is 413 g/mol. The second-order valence-corrected chi connectivity index (χ2v) is 6.80. The van der Waals surface area contributed by atoms with Crippen molar-refractivity contribution in [1.82, 2.24) is 25.7 Å². The number of fused-ring (bicyclic) bond motifs is 1. The van der Waals surface area contributed by atoms with Gasteiger partial charge in [0.15, 0.2) is 5.11 Å². The Balaban J connectivity index is 1.48. The molecule has 0 spiro atoms. The zero-order valence-electron chi connectivity index (χ0n) is 15.7. The van der Waals surface area contributed by atoms with Gasteiger partial charge in [-0.3, -0.25) is 25.0 Å². The van der Waals surface area contributed by atoms with Crippen molar-refractivity contribution in [2.75, 3.05) is 0 Å². The van der Waals surface area contributed by atoms with Crippen molar-refractivity contribution in [3.63, 3.8) is 0 Å². The fourth-order valence-electron chi connectivity index (χ4n) is 2.73. The lowest BCUT2D eigenvalue weighted by Gasteiger charge is -2.12. The van der Waals surface area contributed by atoms with E-state index in [-0.39, 0.29) is 28.8 Å². The first-order valence-corrected chi connectivity index (χ1v) is 9.36. The predicted octanol–water partition coefficient (Wildman–Crippen LogP) is 1.70. The molecule has 0 aliphatic rings. The van der Waals surface area contributed by atoms with E-state index < -0.39 is 0 Å². The second-order valence-electron chi connectivity index (χ2n) is 6.39. The van der Waals surface area contributed by atoms with Gasteiger partial charge in [-0.05, 0) is 42.0 Å². The predicted molar refractivity (Wildman–Crippen MR) is 112 cm³/mol. The summed E-state index contributed by atoms with van der Waals surface area (Å²) in [6.45, 7) is 0.394. The summed E-state index contributed by atoms with van der Waals surface area (Å²) in [7, 11) is 1.64. The largest absolute Gasteiger partial charge is 0.357 e. The Morgan fingerprint density at radius 3 is 2.62 bits per heavy atom. The van der Waals surface area contributed by atoms with Gasteiger partial charge in [-0.15, -0.1) is 0 Å². The molecule has 0 saturated heterocycles. The molecule has 7 nitrogen and oxygen atoms in total. The number of aryl methyl sites for hydroxylation is 1. The zero-order valence-corrected chi connectivity index (χ0v) is 16.6. The van der Waals surface area contributed by atoms with E-state index >= 15 is 0 Å². The van der Waals surface area contributed by atoms with Crippen LogP contribution in [0.5, 0.6) is 0 Å². The highest BCUT2D eigenvalue weighted by atomic mass is 32.1. The summed E-state index contributed by atoms with van der Waals surface area (Å²) in [4.78, 5) is 28.9. The van der Waals surface area contributed by atoms with Crippen LogP contribution in [0.4, 0.5) is 4.39 Å². The van der Waals surface area contributed by atoms with Crippen LogP contribution in [0.25, 0.3) is 10.9 Å². The highest BCUT2D eigenvalue weighted by Crippen LogP contribution is 2.08. The number of amides is 1. The first-order chi connectivity index (χ1) is 13.9. The van der Waals surface area contributed by atoms with Crippen molar-refractivity contribution >= 4 is 34.1 Å². The number of para-hydroxylation sites is 1. The van der Waals surface area contributed by atoms with E-state index in [1.54, 1.807) is 37.4 Å². The van der Waals surface area contributed by atoms with Crippen LogP contribution < -0.4 is 21.7 Å². The van der Waals surface area contributed by atoms with Gasteiger partial charge in [0, 0.05) is 26.4 Å². The lowest BCUT2D eigenvalue weighted by Crippen LogP contribution is -2.46. The summed E-state index contributed by atoms with van der Waals surface area (Å²) >= 11 is 5.10. The lowest BCUT2D eigenvalue weighted by atomic mass is 10.2. The van der Waals surface area contributed by atoms with Gasteiger partial charge in [-0.25, -0.2) is 9.37 Å². The van der Waals surface area contributed by atoms with Crippen molar-refractivity contribution in [3.8, 4) is 0 Å². The van der Waals surface area contributed by atoms with Crippen LogP contribution >= 0.6 is 12.2 Å².